The Kier molecular flexibility index (Phi) is 3.93. The third-order valence-electron chi connectivity index (χ3n) is 1.46. The predicted molar refractivity (Wildman–Crippen MR) is 53.6 cm³/mol. The van der Waals surface area contributed by atoms with E-state index >= 15 is 0 Å². The molecule has 2 nitrogen and oxygen atoms in total. The summed E-state index contributed by atoms with van der Waals surface area (Å²) in [4.78, 5) is 7.81. The van der Waals surface area contributed by atoms with Gasteiger partial charge < -0.3 is 0 Å². The molecular weight excluding hydrogens is 211 g/mol. The first-order valence-electron chi connectivity index (χ1n) is 3.91. The Morgan fingerprint density at radius 3 is 2.69 bits per heavy atom. The Hall–Kier alpha value is -0.350. The molecule has 0 aliphatic carbocycles. The molecule has 1 aromatic heterocycles. The molecule has 0 amide bonds. The van der Waals surface area contributed by atoms with Crippen LogP contribution in [0.1, 0.15) is 18.4 Å². The van der Waals surface area contributed by atoms with Crippen LogP contribution in [-0.2, 0) is 5.75 Å². The Morgan fingerprint density at radius 1 is 1.46 bits per heavy atom. The number of aromatic nitrogens is 2. The van der Waals surface area contributed by atoms with Crippen LogP contribution in [-0.4, -0.2) is 15.7 Å². The monoisotopic (exact) mass is 220 g/mol. The van der Waals surface area contributed by atoms with Gasteiger partial charge in [-0.25, -0.2) is 14.4 Å². The Morgan fingerprint density at radius 2 is 2.15 bits per heavy atom. The second kappa shape index (κ2) is 4.77. The molecule has 0 bridgehead atoms. The Balaban J connectivity index is 2.86. The summed E-state index contributed by atoms with van der Waals surface area (Å²) in [6, 6.07) is 0. The molecule has 1 heterocycles. The van der Waals surface area contributed by atoms with Crippen molar-refractivity contribution < 1.29 is 4.39 Å². The number of halogens is 2. The lowest BCUT2D eigenvalue weighted by Crippen LogP contribution is -1.99. The van der Waals surface area contributed by atoms with Crippen LogP contribution in [0.25, 0.3) is 0 Å². The number of hydrogen-bond acceptors (Lipinski definition) is 3. The van der Waals surface area contributed by atoms with Crippen molar-refractivity contribution in [2.45, 2.75) is 19.6 Å². The summed E-state index contributed by atoms with van der Waals surface area (Å²) in [6.07, 6.45) is 0. The molecular formula is C8H10ClFN2S. The lowest BCUT2D eigenvalue weighted by Gasteiger charge is -2.02. The zero-order valence-corrected chi connectivity index (χ0v) is 9.05. The van der Waals surface area contributed by atoms with Crippen molar-refractivity contribution in [1.29, 1.82) is 0 Å². The van der Waals surface area contributed by atoms with Crippen LogP contribution in [0, 0.1) is 12.7 Å². The normalized spacial score (nSPS) is 10.5. The van der Waals surface area contributed by atoms with Crippen molar-refractivity contribution in [1.82, 2.24) is 9.97 Å². The van der Waals surface area contributed by atoms with Crippen molar-refractivity contribution >= 4 is 23.4 Å². The molecule has 0 saturated heterocycles. The maximum Gasteiger partial charge on any atom is 0.181 e. The molecule has 0 saturated carbocycles. The zero-order valence-electron chi connectivity index (χ0n) is 7.47. The second-order valence-electron chi connectivity index (χ2n) is 2.47. The molecule has 13 heavy (non-hydrogen) atoms. The fraction of sp³-hybridized carbons (Fsp3) is 0.500. The van der Waals surface area contributed by atoms with Gasteiger partial charge in [-0.1, -0.05) is 18.5 Å². The summed E-state index contributed by atoms with van der Waals surface area (Å²) >= 11 is 7.24. The quantitative estimate of drug-likeness (QED) is 0.733. The summed E-state index contributed by atoms with van der Waals surface area (Å²) in [7, 11) is 0. The fourth-order valence-corrected chi connectivity index (χ4v) is 1.59. The average molecular weight is 221 g/mol. The summed E-state index contributed by atoms with van der Waals surface area (Å²) in [6.45, 7) is 3.63. The van der Waals surface area contributed by atoms with Crippen molar-refractivity contribution in [3.05, 3.63) is 22.5 Å². The van der Waals surface area contributed by atoms with Crippen LogP contribution in [0.3, 0.4) is 0 Å². The van der Waals surface area contributed by atoms with E-state index in [-0.39, 0.29) is 5.15 Å². The zero-order chi connectivity index (χ0) is 9.84. The lowest BCUT2D eigenvalue weighted by molar-refractivity contribution is 0.598. The molecule has 0 unspecified atom stereocenters. The van der Waals surface area contributed by atoms with Gasteiger partial charge in [0.1, 0.15) is 5.82 Å². The molecule has 1 rings (SSSR count). The van der Waals surface area contributed by atoms with Gasteiger partial charge >= 0.3 is 0 Å². The first-order chi connectivity index (χ1) is 6.15. The van der Waals surface area contributed by atoms with E-state index in [9.17, 15) is 4.39 Å². The van der Waals surface area contributed by atoms with Gasteiger partial charge in [-0.2, -0.15) is 11.8 Å². The minimum absolute atomic E-state index is 0.0841. The van der Waals surface area contributed by atoms with Gasteiger partial charge in [0.25, 0.3) is 0 Å². The molecule has 0 spiro atoms. The summed E-state index contributed by atoms with van der Waals surface area (Å²) in [5.74, 6) is 1.73. The number of thioether (sulfide) groups is 1. The molecule has 5 heteroatoms. The number of rotatable bonds is 3. The highest BCUT2D eigenvalue weighted by atomic mass is 35.5. The molecule has 0 aromatic carbocycles. The minimum Gasteiger partial charge on any atom is -0.234 e. The number of hydrogen-bond donors (Lipinski definition) is 0. The highest BCUT2D eigenvalue weighted by molar-refractivity contribution is 7.98. The van der Waals surface area contributed by atoms with E-state index in [4.69, 9.17) is 11.6 Å². The summed E-state index contributed by atoms with van der Waals surface area (Å²) in [5, 5.41) is -0.0841. The molecule has 0 atom stereocenters. The van der Waals surface area contributed by atoms with Gasteiger partial charge in [0.05, 0.1) is 11.4 Å². The van der Waals surface area contributed by atoms with Crippen LogP contribution in [0.4, 0.5) is 4.39 Å². The predicted octanol–water partition coefficient (Wildman–Crippen LogP) is 2.83. The van der Waals surface area contributed by atoms with Gasteiger partial charge in [-0.15, -0.1) is 0 Å². The molecule has 0 radical (unpaired) electrons. The first-order valence-corrected chi connectivity index (χ1v) is 5.44. The van der Waals surface area contributed by atoms with Crippen LogP contribution >= 0.6 is 23.4 Å². The topological polar surface area (TPSA) is 25.8 Å². The van der Waals surface area contributed by atoms with E-state index in [1.165, 1.54) is 0 Å². The molecule has 72 valence electrons. The molecule has 0 aliphatic rings. The van der Waals surface area contributed by atoms with E-state index in [1.807, 2.05) is 6.92 Å². The maximum absolute atomic E-state index is 13.0. The first kappa shape index (κ1) is 10.7. The summed E-state index contributed by atoms with van der Waals surface area (Å²) in [5.41, 5.74) is 0.312. The Bertz CT molecular complexity index is 283. The minimum atomic E-state index is -0.521. The van der Waals surface area contributed by atoms with Gasteiger partial charge in [0.2, 0.25) is 0 Å². The second-order valence-corrected chi connectivity index (χ2v) is 4.10. The van der Waals surface area contributed by atoms with Crippen molar-refractivity contribution in [3.63, 3.8) is 0 Å². The van der Waals surface area contributed by atoms with Crippen LogP contribution in [0.15, 0.2) is 0 Å². The number of aryl methyl sites for hydroxylation is 1. The standard InChI is InChI=1S/C8H10ClFN2S/c1-3-13-4-6-11-5(2)7(10)8(9)12-6/h3-4H2,1-2H3. The van der Waals surface area contributed by atoms with Crippen molar-refractivity contribution in [2.75, 3.05) is 5.75 Å². The highest BCUT2D eigenvalue weighted by Gasteiger charge is 2.08. The lowest BCUT2D eigenvalue weighted by atomic mass is 10.4. The Labute approximate surface area is 85.9 Å². The maximum atomic E-state index is 13.0. The molecule has 0 N–H and O–H groups in total. The van der Waals surface area contributed by atoms with E-state index in [2.05, 4.69) is 9.97 Å². The fourth-order valence-electron chi connectivity index (χ4n) is 0.837. The molecule has 1 aromatic rings. The van der Waals surface area contributed by atoms with Gasteiger partial charge in [0, 0.05) is 0 Å². The summed E-state index contributed by atoms with van der Waals surface area (Å²) < 4.78 is 13.0. The van der Waals surface area contributed by atoms with E-state index in [0.29, 0.717) is 17.3 Å². The average Bonchev–Trinajstić information content (AvgIpc) is 2.10. The van der Waals surface area contributed by atoms with Gasteiger partial charge in [0.15, 0.2) is 11.0 Å². The smallest absolute Gasteiger partial charge is 0.181 e. The largest absolute Gasteiger partial charge is 0.234 e. The molecule has 0 fully saturated rings. The van der Waals surface area contributed by atoms with Crippen LogP contribution in [0.2, 0.25) is 5.15 Å². The molecule has 0 aliphatic heterocycles. The van der Waals surface area contributed by atoms with E-state index in [0.717, 1.165) is 5.75 Å². The van der Waals surface area contributed by atoms with Crippen LogP contribution < -0.4 is 0 Å². The SMILES string of the molecule is CCSCc1nc(C)c(F)c(Cl)n1. The van der Waals surface area contributed by atoms with Gasteiger partial charge in [-0.05, 0) is 12.7 Å². The third-order valence-corrected chi connectivity index (χ3v) is 2.58. The van der Waals surface area contributed by atoms with Gasteiger partial charge in [-0.3, -0.25) is 0 Å². The van der Waals surface area contributed by atoms with E-state index in [1.54, 1.807) is 18.7 Å². The highest BCUT2D eigenvalue weighted by Crippen LogP contribution is 2.16. The number of nitrogens with zero attached hydrogens (tertiary/aromatic N) is 2. The van der Waals surface area contributed by atoms with Crippen molar-refractivity contribution in [3.8, 4) is 0 Å². The third kappa shape index (κ3) is 2.81. The van der Waals surface area contributed by atoms with Crippen molar-refractivity contribution in [2.24, 2.45) is 0 Å². The van der Waals surface area contributed by atoms with Crippen LogP contribution in [0.5, 0.6) is 0 Å². The van der Waals surface area contributed by atoms with E-state index < -0.39 is 5.82 Å².